The molecule has 0 amide bonds. The standard InChI is InChI=1S/C12H13ClO3/c1-11(2,3)12(15)7-5-4-6-8(13)9(7)10(14)16-12/h4-6,15H,1-3H3. The van der Waals surface area contributed by atoms with Gasteiger partial charge in [-0.15, -0.1) is 0 Å². The van der Waals surface area contributed by atoms with E-state index in [1.165, 1.54) is 0 Å². The largest absolute Gasteiger partial charge is 0.424 e. The van der Waals surface area contributed by atoms with Crippen molar-refractivity contribution in [2.45, 2.75) is 26.6 Å². The highest BCUT2D eigenvalue weighted by Gasteiger charge is 2.53. The minimum atomic E-state index is -1.61. The topological polar surface area (TPSA) is 46.5 Å². The number of aliphatic hydroxyl groups is 1. The Morgan fingerprint density at radius 2 is 2.00 bits per heavy atom. The number of halogens is 1. The van der Waals surface area contributed by atoms with E-state index in [0.717, 1.165) is 0 Å². The van der Waals surface area contributed by atoms with Crippen molar-refractivity contribution in [3.63, 3.8) is 0 Å². The molecule has 16 heavy (non-hydrogen) atoms. The van der Waals surface area contributed by atoms with Crippen molar-refractivity contribution in [1.82, 2.24) is 0 Å². The van der Waals surface area contributed by atoms with Crippen LogP contribution in [-0.2, 0) is 10.5 Å². The number of carbonyl (C=O) groups excluding carboxylic acids is 1. The van der Waals surface area contributed by atoms with Crippen LogP contribution in [0.15, 0.2) is 18.2 Å². The van der Waals surface area contributed by atoms with Gasteiger partial charge in [0.2, 0.25) is 5.79 Å². The van der Waals surface area contributed by atoms with E-state index in [4.69, 9.17) is 16.3 Å². The van der Waals surface area contributed by atoms with Crippen LogP contribution in [0, 0.1) is 5.41 Å². The quantitative estimate of drug-likeness (QED) is 0.710. The highest BCUT2D eigenvalue weighted by molar-refractivity contribution is 6.34. The second kappa shape index (κ2) is 3.22. The molecule has 1 unspecified atom stereocenters. The normalized spacial score (nSPS) is 24.2. The summed E-state index contributed by atoms with van der Waals surface area (Å²) >= 11 is 5.93. The Kier molecular flexibility index (Phi) is 2.30. The first-order valence-electron chi connectivity index (χ1n) is 5.02. The summed E-state index contributed by atoms with van der Waals surface area (Å²) in [5.74, 6) is -2.18. The van der Waals surface area contributed by atoms with Crippen molar-refractivity contribution in [3.8, 4) is 0 Å². The number of hydrogen-bond donors (Lipinski definition) is 1. The van der Waals surface area contributed by atoms with Gasteiger partial charge in [0.15, 0.2) is 0 Å². The van der Waals surface area contributed by atoms with Crippen LogP contribution in [0.25, 0.3) is 0 Å². The lowest BCUT2D eigenvalue weighted by atomic mass is 9.81. The van der Waals surface area contributed by atoms with Crippen LogP contribution >= 0.6 is 11.6 Å². The second-order valence-corrected chi connectivity index (χ2v) is 5.35. The lowest BCUT2D eigenvalue weighted by Crippen LogP contribution is -2.40. The number of fused-ring (bicyclic) bond motifs is 1. The number of rotatable bonds is 0. The van der Waals surface area contributed by atoms with Crippen LogP contribution in [0.4, 0.5) is 0 Å². The van der Waals surface area contributed by atoms with Gasteiger partial charge in [0.05, 0.1) is 10.6 Å². The van der Waals surface area contributed by atoms with Gasteiger partial charge in [-0.2, -0.15) is 0 Å². The molecule has 1 aromatic rings. The summed E-state index contributed by atoms with van der Waals surface area (Å²) in [5.41, 5.74) is 0.0950. The molecule has 0 aromatic heterocycles. The van der Waals surface area contributed by atoms with Crippen molar-refractivity contribution >= 4 is 17.6 Å². The van der Waals surface area contributed by atoms with Crippen LogP contribution in [0.1, 0.15) is 36.7 Å². The zero-order chi connectivity index (χ0) is 12.1. The predicted octanol–water partition coefficient (Wildman–Crippen LogP) is 2.70. The molecule has 2 rings (SSSR count). The third-order valence-electron chi connectivity index (χ3n) is 2.84. The molecule has 0 fully saturated rings. The Bertz CT molecular complexity index is 462. The fourth-order valence-corrected chi connectivity index (χ4v) is 2.06. The molecule has 0 saturated heterocycles. The molecule has 0 spiro atoms. The predicted molar refractivity (Wildman–Crippen MR) is 60.2 cm³/mol. The average Bonchev–Trinajstić information content (AvgIpc) is 2.40. The highest BCUT2D eigenvalue weighted by atomic mass is 35.5. The van der Waals surface area contributed by atoms with E-state index in [2.05, 4.69) is 0 Å². The number of cyclic esters (lactones) is 1. The summed E-state index contributed by atoms with van der Waals surface area (Å²) in [6, 6.07) is 4.97. The van der Waals surface area contributed by atoms with Crippen LogP contribution in [0.3, 0.4) is 0 Å². The number of ether oxygens (including phenoxy) is 1. The zero-order valence-electron chi connectivity index (χ0n) is 9.37. The minimum Gasteiger partial charge on any atom is -0.424 e. The Morgan fingerprint density at radius 3 is 2.56 bits per heavy atom. The molecule has 4 heteroatoms. The van der Waals surface area contributed by atoms with Crippen molar-refractivity contribution < 1.29 is 14.6 Å². The first-order chi connectivity index (χ1) is 7.27. The fraction of sp³-hybridized carbons (Fsp3) is 0.417. The number of esters is 1. The number of hydrogen-bond acceptors (Lipinski definition) is 3. The van der Waals surface area contributed by atoms with Gasteiger partial charge in [-0.1, -0.05) is 44.5 Å². The van der Waals surface area contributed by atoms with Gasteiger partial charge in [-0.3, -0.25) is 0 Å². The molecule has 1 aliphatic rings. The maximum atomic E-state index is 11.7. The Morgan fingerprint density at radius 1 is 1.38 bits per heavy atom. The molecule has 0 radical (unpaired) electrons. The number of benzene rings is 1. The van der Waals surface area contributed by atoms with E-state index in [1.807, 2.05) is 0 Å². The molecule has 3 nitrogen and oxygen atoms in total. The summed E-state index contributed by atoms with van der Waals surface area (Å²) in [6.45, 7) is 5.41. The Hall–Kier alpha value is -1.06. The molecular weight excluding hydrogens is 228 g/mol. The van der Waals surface area contributed by atoms with Gasteiger partial charge in [0.25, 0.3) is 0 Å². The first-order valence-corrected chi connectivity index (χ1v) is 5.40. The molecule has 1 heterocycles. The maximum absolute atomic E-state index is 11.7. The summed E-state index contributed by atoms with van der Waals surface area (Å²) in [7, 11) is 0. The van der Waals surface area contributed by atoms with Gasteiger partial charge in [-0.05, 0) is 6.07 Å². The fourth-order valence-electron chi connectivity index (χ4n) is 1.81. The van der Waals surface area contributed by atoms with Crippen LogP contribution in [-0.4, -0.2) is 11.1 Å². The lowest BCUT2D eigenvalue weighted by Gasteiger charge is -2.35. The summed E-state index contributed by atoms with van der Waals surface area (Å²) in [4.78, 5) is 11.7. The summed E-state index contributed by atoms with van der Waals surface area (Å²) in [5, 5.41) is 10.8. The molecule has 1 aliphatic heterocycles. The Balaban J connectivity index is 2.69. The van der Waals surface area contributed by atoms with E-state index in [1.54, 1.807) is 39.0 Å². The SMILES string of the molecule is CC(C)(C)C1(O)OC(=O)c2c(Cl)cccc21. The molecular formula is C12H13ClO3. The highest BCUT2D eigenvalue weighted by Crippen LogP contribution is 2.47. The molecule has 1 atom stereocenters. The van der Waals surface area contributed by atoms with Gasteiger partial charge >= 0.3 is 5.97 Å². The van der Waals surface area contributed by atoms with Gasteiger partial charge in [0, 0.05) is 11.0 Å². The van der Waals surface area contributed by atoms with Crippen LogP contribution < -0.4 is 0 Å². The second-order valence-electron chi connectivity index (χ2n) is 4.95. The molecule has 1 N–H and O–H groups in total. The van der Waals surface area contributed by atoms with E-state index in [0.29, 0.717) is 10.6 Å². The van der Waals surface area contributed by atoms with Crippen LogP contribution in [0.5, 0.6) is 0 Å². The number of carbonyl (C=O) groups is 1. The van der Waals surface area contributed by atoms with Crippen molar-refractivity contribution in [2.24, 2.45) is 5.41 Å². The summed E-state index contributed by atoms with van der Waals surface area (Å²) in [6.07, 6.45) is 0. The first kappa shape index (κ1) is 11.4. The molecule has 0 saturated carbocycles. The third-order valence-corrected chi connectivity index (χ3v) is 3.15. The van der Waals surface area contributed by atoms with Crippen molar-refractivity contribution in [2.75, 3.05) is 0 Å². The zero-order valence-corrected chi connectivity index (χ0v) is 10.1. The van der Waals surface area contributed by atoms with Crippen LogP contribution in [0.2, 0.25) is 5.02 Å². The van der Waals surface area contributed by atoms with Gasteiger partial charge in [0.1, 0.15) is 0 Å². The van der Waals surface area contributed by atoms with Gasteiger partial charge < -0.3 is 9.84 Å². The molecule has 0 aliphatic carbocycles. The average molecular weight is 241 g/mol. The molecule has 0 bridgehead atoms. The lowest BCUT2D eigenvalue weighted by molar-refractivity contribution is -0.228. The molecule has 86 valence electrons. The third kappa shape index (κ3) is 1.35. The van der Waals surface area contributed by atoms with Crippen molar-refractivity contribution in [1.29, 1.82) is 0 Å². The summed E-state index contributed by atoms with van der Waals surface area (Å²) < 4.78 is 5.10. The van der Waals surface area contributed by atoms with E-state index < -0.39 is 17.2 Å². The Labute approximate surface area is 99.0 Å². The molecule has 1 aromatic carbocycles. The smallest absolute Gasteiger partial charge is 0.342 e. The van der Waals surface area contributed by atoms with E-state index in [-0.39, 0.29) is 5.56 Å². The minimum absolute atomic E-state index is 0.265. The van der Waals surface area contributed by atoms with E-state index in [9.17, 15) is 9.90 Å². The monoisotopic (exact) mass is 240 g/mol. The van der Waals surface area contributed by atoms with Crippen molar-refractivity contribution in [3.05, 3.63) is 34.3 Å². The maximum Gasteiger partial charge on any atom is 0.342 e. The van der Waals surface area contributed by atoms with E-state index >= 15 is 0 Å². The van der Waals surface area contributed by atoms with Gasteiger partial charge in [-0.25, -0.2) is 4.79 Å².